The first-order valence-corrected chi connectivity index (χ1v) is 8.76. The number of halogens is 4. The van der Waals surface area contributed by atoms with Gasteiger partial charge in [-0.3, -0.25) is 10.1 Å². The van der Waals surface area contributed by atoms with E-state index in [4.69, 9.17) is 11.6 Å². The van der Waals surface area contributed by atoms with Crippen molar-refractivity contribution >= 4 is 46.7 Å². The lowest BCUT2D eigenvalue weighted by Crippen LogP contribution is -2.09. The van der Waals surface area contributed by atoms with Crippen LogP contribution in [0.4, 0.5) is 24.5 Å². The number of benzene rings is 2. The van der Waals surface area contributed by atoms with Gasteiger partial charge in [0, 0.05) is 20.9 Å². The monoisotopic (exact) mass is 394 g/mol. The first kappa shape index (κ1) is 18.8. The second-order valence-corrected chi connectivity index (χ2v) is 6.65. The van der Waals surface area contributed by atoms with Crippen LogP contribution in [0.3, 0.4) is 0 Å². The zero-order chi connectivity index (χ0) is 17.9. The molecule has 0 atom stereocenters. The molecule has 0 aromatic heterocycles. The summed E-state index contributed by atoms with van der Waals surface area (Å²) in [5, 5.41) is 11.2. The number of rotatable bonds is 5. The second kappa shape index (κ2) is 7.54. The Hall–Kier alpha value is -1.58. The minimum Gasteiger partial charge on any atom is -0.325 e. The van der Waals surface area contributed by atoms with Crippen LogP contribution in [0.2, 0.25) is 5.02 Å². The molecule has 0 spiro atoms. The molecule has 1 N–H and O–H groups in total. The van der Waals surface area contributed by atoms with Gasteiger partial charge in [-0.25, -0.2) is 0 Å². The molecule has 4 nitrogen and oxygen atoms in total. The first-order valence-electron chi connectivity index (χ1n) is 6.34. The Kier molecular flexibility index (Phi) is 5.89. The maximum Gasteiger partial charge on any atom is 0.423 e. The fourth-order valence-electron chi connectivity index (χ4n) is 1.84. The lowest BCUT2D eigenvalue weighted by molar-refractivity contribution is -0.388. The van der Waals surface area contributed by atoms with Gasteiger partial charge in [0.05, 0.1) is 10.6 Å². The summed E-state index contributed by atoms with van der Waals surface area (Å²) in [7, 11) is 0. The van der Waals surface area contributed by atoms with E-state index in [9.17, 15) is 23.3 Å². The summed E-state index contributed by atoms with van der Waals surface area (Å²) >= 11 is 8.28. The van der Waals surface area contributed by atoms with Crippen LogP contribution in [0.5, 0.6) is 0 Å². The molecule has 0 saturated carbocycles. The molecule has 0 aliphatic rings. The molecule has 0 aliphatic carbocycles. The van der Waals surface area contributed by atoms with E-state index < -0.39 is 22.4 Å². The second-order valence-electron chi connectivity index (χ2n) is 4.48. The highest BCUT2D eigenvalue weighted by atomic mass is 35.5. The Labute approximate surface area is 149 Å². The van der Waals surface area contributed by atoms with Gasteiger partial charge in [0.1, 0.15) is 5.56 Å². The number of nitro groups is 1. The number of hydrogen-bond acceptors (Lipinski definition) is 5. The summed E-state index contributed by atoms with van der Waals surface area (Å²) in [6.45, 7) is 0. The van der Waals surface area contributed by atoms with Crippen LogP contribution in [0.15, 0.2) is 46.2 Å². The number of hydrogen-bond donors (Lipinski definition) is 1. The smallest absolute Gasteiger partial charge is 0.325 e. The van der Waals surface area contributed by atoms with Gasteiger partial charge in [-0.15, -0.1) is 11.8 Å². The number of thioether (sulfide) groups is 1. The zero-order valence-electron chi connectivity index (χ0n) is 12.1. The van der Waals surface area contributed by atoms with Gasteiger partial charge in [0.25, 0.3) is 5.69 Å². The van der Waals surface area contributed by atoms with Crippen LogP contribution in [-0.4, -0.2) is 11.2 Å². The number of nitrogens with one attached hydrogen (secondary N) is 1. The number of anilines is 1. The van der Waals surface area contributed by atoms with Crippen LogP contribution in [0.1, 0.15) is 5.56 Å². The lowest BCUT2D eigenvalue weighted by atomic mass is 10.2. The van der Waals surface area contributed by atoms with Gasteiger partial charge >= 0.3 is 6.18 Å². The molecular weight excluding hydrogens is 385 g/mol. The minimum atomic E-state index is -4.81. The molecule has 2 aromatic rings. The van der Waals surface area contributed by atoms with Crippen molar-refractivity contribution < 1.29 is 18.1 Å². The Bertz CT molecular complexity index is 772. The Morgan fingerprint density at radius 1 is 1.21 bits per heavy atom. The summed E-state index contributed by atoms with van der Waals surface area (Å²) in [6.07, 6.45) is -2.95. The third kappa shape index (κ3) is 4.49. The van der Waals surface area contributed by atoms with Gasteiger partial charge in [-0.2, -0.15) is 13.2 Å². The van der Waals surface area contributed by atoms with E-state index in [0.717, 1.165) is 29.0 Å². The minimum absolute atomic E-state index is 0.194. The van der Waals surface area contributed by atoms with Crippen molar-refractivity contribution in [2.45, 2.75) is 16.0 Å². The Morgan fingerprint density at radius 3 is 2.50 bits per heavy atom. The summed E-state index contributed by atoms with van der Waals surface area (Å²) in [5.41, 5.74) is -1.61. The quantitative estimate of drug-likeness (QED) is 0.287. The van der Waals surface area contributed by atoms with E-state index in [-0.39, 0.29) is 4.90 Å². The summed E-state index contributed by atoms with van der Waals surface area (Å²) < 4.78 is 41.8. The van der Waals surface area contributed by atoms with Crippen molar-refractivity contribution in [3.8, 4) is 0 Å². The van der Waals surface area contributed by atoms with Gasteiger partial charge in [-0.1, -0.05) is 11.6 Å². The molecule has 0 aliphatic heterocycles. The molecule has 0 fully saturated rings. The Balaban J connectivity index is 2.28. The van der Waals surface area contributed by atoms with E-state index >= 15 is 0 Å². The topological polar surface area (TPSA) is 55.2 Å². The molecule has 0 unspecified atom stereocenters. The standard InChI is InChI=1S/C14H10ClF3N2O2S2/c1-23-13-5-2-8(15)6-11(13)19-24-9-3-4-12(20(21)22)10(7-9)14(16,17)18/h2-7,19H,1H3. The number of nitro benzene ring substituents is 1. The van der Waals surface area contributed by atoms with Crippen molar-refractivity contribution in [2.75, 3.05) is 11.0 Å². The average molecular weight is 395 g/mol. The molecule has 0 radical (unpaired) electrons. The third-order valence-corrected chi connectivity index (χ3v) is 4.75. The van der Waals surface area contributed by atoms with Gasteiger partial charge in [-0.05, 0) is 48.5 Å². The molecule has 2 aromatic carbocycles. The van der Waals surface area contributed by atoms with Crippen molar-refractivity contribution in [2.24, 2.45) is 0 Å². The molecule has 0 bridgehead atoms. The van der Waals surface area contributed by atoms with Crippen molar-refractivity contribution in [1.29, 1.82) is 0 Å². The van der Waals surface area contributed by atoms with Crippen LogP contribution in [-0.2, 0) is 6.18 Å². The summed E-state index contributed by atoms with van der Waals surface area (Å²) in [6, 6.07) is 7.99. The molecule has 0 amide bonds. The van der Waals surface area contributed by atoms with Crippen molar-refractivity contribution in [1.82, 2.24) is 0 Å². The maximum atomic E-state index is 13.0. The summed E-state index contributed by atoms with van der Waals surface area (Å²) in [4.78, 5) is 10.8. The maximum absolute atomic E-state index is 13.0. The molecule has 0 saturated heterocycles. The molecule has 0 heterocycles. The van der Waals surface area contributed by atoms with E-state index in [1.54, 1.807) is 18.2 Å². The Morgan fingerprint density at radius 2 is 1.92 bits per heavy atom. The van der Waals surface area contributed by atoms with Gasteiger partial charge in [0.15, 0.2) is 0 Å². The fraction of sp³-hybridized carbons (Fsp3) is 0.143. The van der Waals surface area contributed by atoms with Crippen molar-refractivity contribution in [3.63, 3.8) is 0 Å². The average Bonchev–Trinajstić information content (AvgIpc) is 2.51. The lowest BCUT2D eigenvalue weighted by Gasteiger charge is -2.12. The molecule has 128 valence electrons. The predicted molar refractivity (Wildman–Crippen MR) is 90.8 cm³/mol. The highest BCUT2D eigenvalue weighted by Gasteiger charge is 2.38. The summed E-state index contributed by atoms with van der Waals surface area (Å²) in [5.74, 6) is 0. The highest BCUT2D eigenvalue weighted by molar-refractivity contribution is 8.01. The molecule has 2 rings (SSSR count). The van der Waals surface area contributed by atoms with Crippen LogP contribution >= 0.6 is 35.3 Å². The normalized spacial score (nSPS) is 11.4. The van der Waals surface area contributed by atoms with E-state index in [1.807, 2.05) is 6.26 Å². The predicted octanol–water partition coefficient (Wildman–Crippen LogP) is 6.11. The fourth-order valence-corrected chi connectivity index (χ4v) is 3.32. The van der Waals surface area contributed by atoms with Crippen LogP contribution in [0.25, 0.3) is 0 Å². The zero-order valence-corrected chi connectivity index (χ0v) is 14.4. The van der Waals surface area contributed by atoms with E-state index in [2.05, 4.69) is 4.72 Å². The largest absolute Gasteiger partial charge is 0.423 e. The molecule has 10 heteroatoms. The number of alkyl halides is 3. The first-order chi connectivity index (χ1) is 11.2. The van der Waals surface area contributed by atoms with Crippen LogP contribution < -0.4 is 4.72 Å². The van der Waals surface area contributed by atoms with Gasteiger partial charge < -0.3 is 4.72 Å². The highest BCUT2D eigenvalue weighted by Crippen LogP contribution is 2.39. The van der Waals surface area contributed by atoms with E-state index in [1.165, 1.54) is 17.8 Å². The SMILES string of the molecule is CSc1ccc(Cl)cc1NSc1ccc([N+](=O)[O-])c(C(F)(F)F)c1. The molecule has 24 heavy (non-hydrogen) atoms. The van der Waals surface area contributed by atoms with Gasteiger partial charge in [0.2, 0.25) is 0 Å². The van der Waals surface area contributed by atoms with E-state index in [0.29, 0.717) is 10.7 Å². The third-order valence-electron chi connectivity index (χ3n) is 2.91. The molecular formula is C14H10ClF3N2O2S2. The van der Waals surface area contributed by atoms with Crippen LogP contribution in [0, 0.1) is 10.1 Å². The van der Waals surface area contributed by atoms with Crippen molar-refractivity contribution in [3.05, 3.63) is 57.1 Å². The number of nitrogens with zero attached hydrogens (tertiary/aromatic N) is 1.